The number of methoxy groups -OCH3 is 1. The normalized spacial score (nSPS) is 22.9. The minimum absolute atomic E-state index is 0.0647. The van der Waals surface area contributed by atoms with Crippen LogP contribution in [-0.2, 0) is 9.53 Å². The molecule has 1 atom stereocenters. The van der Waals surface area contributed by atoms with E-state index in [9.17, 15) is 4.79 Å². The standard InChI is InChI=1S/C10H19N3O2S/c1-8-3-6-16-10(13-8)12-7-9(14)11-4-5-15-2/h8H,3-7H2,1-2H3,(H,11,14)(H,12,13). The molecule has 0 radical (unpaired) electrons. The van der Waals surface area contributed by atoms with Crippen molar-refractivity contribution >= 4 is 22.8 Å². The molecule has 1 unspecified atom stereocenters. The molecule has 1 saturated heterocycles. The zero-order valence-electron chi connectivity index (χ0n) is 9.78. The van der Waals surface area contributed by atoms with E-state index in [-0.39, 0.29) is 12.5 Å². The molecule has 1 fully saturated rings. The van der Waals surface area contributed by atoms with E-state index in [0.717, 1.165) is 17.3 Å². The Kier molecular flexibility index (Phi) is 6.25. The lowest BCUT2D eigenvalue weighted by atomic mass is 10.3. The summed E-state index contributed by atoms with van der Waals surface area (Å²) >= 11 is 1.67. The van der Waals surface area contributed by atoms with Crippen molar-refractivity contribution in [3.8, 4) is 0 Å². The third-order valence-electron chi connectivity index (χ3n) is 2.15. The SMILES string of the molecule is COCCNC(=O)CN=C1NC(C)CCS1. The fourth-order valence-electron chi connectivity index (χ4n) is 1.24. The van der Waals surface area contributed by atoms with E-state index in [1.165, 1.54) is 0 Å². The number of nitrogens with one attached hydrogen (secondary N) is 2. The summed E-state index contributed by atoms with van der Waals surface area (Å²) in [7, 11) is 1.61. The molecular weight excluding hydrogens is 226 g/mol. The highest BCUT2D eigenvalue weighted by Crippen LogP contribution is 2.12. The highest BCUT2D eigenvalue weighted by atomic mass is 32.2. The van der Waals surface area contributed by atoms with E-state index in [0.29, 0.717) is 19.2 Å². The number of hydrogen-bond acceptors (Lipinski definition) is 4. The highest BCUT2D eigenvalue weighted by Gasteiger charge is 2.12. The molecule has 0 aromatic carbocycles. The van der Waals surface area contributed by atoms with Gasteiger partial charge in [-0.2, -0.15) is 0 Å². The quantitative estimate of drug-likeness (QED) is 0.680. The third kappa shape index (κ3) is 5.37. The zero-order valence-corrected chi connectivity index (χ0v) is 10.6. The van der Waals surface area contributed by atoms with Crippen molar-refractivity contribution in [3.63, 3.8) is 0 Å². The van der Waals surface area contributed by atoms with Crippen LogP contribution < -0.4 is 10.6 Å². The number of carbonyl (C=O) groups is 1. The number of aliphatic imine (C=N–C) groups is 1. The number of nitrogens with zero attached hydrogens (tertiary/aromatic N) is 1. The summed E-state index contributed by atoms with van der Waals surface area (Å²) in [5, 5.41) is 6.85. The molecule has 1 heterocycles. The fourth-order valence-corrected chi connectivity index (χ4v) is 2.35. The van der Waals surface area contributed by atoms with E-state index in [1.54, 1.807) is 18.9 Å². The summed E-state index contributed by atoms with van der Waals surface area (Å²) in [4.78, 5) is 15.6. The summed E-state index contributed by atoms with van der Waals surface area (Å²) < 4.78 is 4.83. The van der Waals surface area contributed by atoms with Gasteiger partial charge in [0.1, 0.15) is 6.54 Å². The van der Waals surface area contributed by atoms with Crippen molar-refractivity contribution in [1.82, 2.24) is 10.6 Å². The van der Waals surface area contributed by atoms with E-state index >= 15 is 0 Å². The number of amides is 1. The van der Waals surface area contributed by atoms with Crippen LogP contribution in [0.5, 0.6) is 0 Å². The van der Waals surface area contributed by atoms with E-state index in [1.807, 2.05) is 0 Å². The van der Waals surface area contributed by atoms with Gasteiger partial charge >= 0.3 is 0 Å². The summed E-state index contributed by atoms with van der Waals surface area (Å²) in [6.07, 6.45) is 1.14. The molecule has 0 aliphatic carbocycles. The maximum Gasteiger partial charge on any atom is 0.241 e. The van der Waals surface area contributed by atoms with Gasteiger partial charge in [-0.05, 0) is 13.3 Å². The van der Waals surface area contributed by atoms with Crippen molar-refractivity contribution < 1.29 is 9.53 Å². The molecule has 92 valence electrons. The van der Waals surface area contributed by atoms with Crippen LogP contribution in [0.3, 0.4) is 0 Å². The first-order chi connectivity index (χ1) is 7.72. The molecule has 6 heteroatoms. The molecule has 2 N–H and O–H groups in total. The van der Waals surface area contributed by atoms with Gasteiger partial charge in [0, 0.05) is 25.4 Å². The summed E-state index contributed by atoms with van der Waals surface area (Å²) in [6, 6.07) is 0.455. The van der Waals surface area contributed by atoms with Crippen LogP contribution in [0, 0.1) is 0 Å². The van der Waals surface area contributed by atoms with Crippen LogP contribution in [0.1, 0.15) is 13.3 Å². The lowest BCUT2D eigenvalue weighted by Crippen LogP contribution is -2.36. The lowest BCUT2D eigenvalue weighted by Gasteiger charge is -2.21. The Morgan fingerprint density at radius 2 is 2.56 bits per heavy atom. The van der Waals surface area contributed by atoms with Crippen molar-refractivity contribution in [2.75, 3.05) is 32.6 Å². The molecule has 1 aliphatic rings. The molecule has 1 aliphatic heterocycles. The number of thioether (sulfide) groups is 1. The van der Waals surface area contributed by atoms with Crippen molar-refractivity contribution in [3.05, 3.63) is 0 Å². The maximum atomic E-state index is 11.3. The van der Waals surface area contributed by atoms with Crippen molar-refractivity contribution in [2.45, 2.75) is 19.4 Å². The van der Waals surface area contributed by atoms with Crippen LogP contribution in [0.15, 0.2) is 4.99 Å². The molecule has 5 nitrogen and oxygen atoms in total. The maximum absolute atomic E-state index is 11.3. The molecule has 0 aromatic heterocycles. The molecule has 1 rings (SSSR count). The molecule has 0 saturated carbocycles. The van der Waals surface area contributed by atoms with Gasteiger partial charge in [0.2, 0.25) is 5.91 Å². The minimum atomic E-state index is -0.0647. The Balaban J connectivity index is 2.21. The molecule has 1 amide bonds. The monoisotopic (exact) mass is 245 g/mol. The third-order valence-corrected chi connectivity index (χ3v) is 3.11. The largest absolute Gasteiger partial charge is 0.383 e. The Morgan fingerprint density at radius 3 is 3.25 bits per heavy atom. The first-order valence-corrected chi connectivity index (χ1v) is 6.40. The van der Waals surface area contributed by atoms with Crippen LogP contribution >= 0.6 is 11.8 Å². The van der Waals surface area contributed by atoms with E-state index in [2.05, 4.69) is 22.5 Å². The van der Waals surface area contributed by atoms with Crippen molar-refractivity contribution in [1.29, 1.82) is 0 Å². The summed E-state index contributed by atoms with van der Waals surface area (Å²) in [5.41, 5.74) is 0. The molecule has 0 bridgehead atoms. The van der Waals surface area contributed by atoms with Crippen molar-refractivity contribution in [2.24, 2.45) is 4.99 Å². The smallest absolute Gasteiger partial charge is 0.241 e. The van der Waals surface area contributed by atoms with E-state index in [4.69, 9.17) is 4.74 Å². The molecular formula is C10H19N3O2S. The second kappa shape index (κ2) is 7.51. The Bertz CT molecular complexity index is 258. The van der Waals surface area contributed by atoms with Crippen LogP contribution in [0.25, 0.3) is 0 Å². The first-order valence-electron chi connectivity index (χ1n) is 5.42. The second-order valence-corrected chi connectivity index (χ2v) is 4.73. The molecule has 0 spiro atoms. The van der Waals surface area contributed by atoms with Gasteiger partial charge in [0.25, 0.3) is 0 Å². The average Bonchev–Trinajstić information content (AvgIpc) is 2.27. The van der Waals surface area contributed by atoms with E-state index < -0.39 is 0 Å². The van der Waals surface area contributed by atoms with Gasteiger partial charge in [-0.25, -0.2) is 0 Å². The predicted octanol–water partition coefficient (Wildman–Crippen LogP) is 0.220. The molecule has 16 heavy (non-hydrogen) atoms. The summed E-state index contributed by atoms with van der Waals surface area (Å²) in [5.74, 6) is 1.00. The first kappa shape index (κ1) is 13.3. The fraction of sp³-hybridized carbons (Fsp3) is 0.800. The summed E-state index contributed by atoms with van der Waals surface area (Å²) in [6.45, 7) is 3.38. The lowest BCUT2D eigenvalue weighted by molar-refractivity contribution is -0.119. The van der Waals surface area contributed by atoms with Crippen LogP contribution in [0.2, 0.25) is 0 Å². The number of rotatable bonds is 5. The van der Waals surface area contributed by atoms with Crippen LogP contribution in [0.4, 0.5) is 0 Å². The topological polar surface area (TPSA) is 62.7 Å². The van der Waals surface area contributed by atoms with Gasteiger partial charge < -0.3 is 15.4 Å². The number of ether oxygens (including phenoxy) is 1. The second-order valence-electron chi connectivity index (χ2n) is 3.65. The van der Waals surface area contributed by atoms with Gasteiger partial charge in [-0.3, -0.25) is 9.79 Å². The Hall–Kier alpha value is -0.750. The Morgan fingerprint density at radius 1 is 1.75 bits per heavy atom. The number of hydrogen-bond donors (Lipinski definition) is 2. The van der Waals surface area contributed by atoms with Gasteiger partial charge in [-0.15, -0.1) is 0 Å². The number of carbonyl (C=O) groups excluding carboxylic acids is 1. The zero-order chi connectivity index (χ0) is 11.8. The minimum Gasteiger partial charge on any atom is -0.383 e. The van der Waals surface area contributed by atoms with Gasteiger partial charge in [0.15, 0.2) is 5.17 Å². The molecule has 0 aromatic rings. The van der Waals surface area contributed by atoms with Crippen LogP contribution in [-0.4, -0.2) is 49.7 Å². The predicted molar refractivity (Wildman–Crippen MR) is 66.9 cm³/mol. The highest BCUT2D eigenvalue weighted by molar-refractivity contribution is 8.13. The Labute approximate surface area is 100 Å². The number of amidine groups is 1. The average molecular weight is 245 g/mol. The van der Waals surface area contributed by atoms with Gasteiger partial charge in [-0.1, -0.05) is 11.8 Å². The van der Waals surface area contributed by atoms with Gasteiger partial charge in [0.05, 0.1) is 6.61 Å².